The van der Waals surface area contributed by atoms with Gasteiger partial charge >= 0.3 is 0 Å². The van der Waals surface area contributed by atoms with Gasteiger partial charge in [-0.3, -0.25) is 0 Å². The van der Waals surface area contributed by atoms with Gasteiger partial charge in [0, 0.05) is 0 Å². The van der Waals surface area contributed by atoms with Crippen molar-refractivity contribution in [2.24, 2.45) is 5.41 Å². The first-order valence-corrected chi connectivity index (χ1v) is 5.76. The Morgan fingerprint density at radius 3 is 2.33 bits per heavy atom. The number of aliphatic hydroxyl groups is 1. The van der Waals surface area contributed by atoms with Crippen LogP contribution in [0, 0.1) is 12.3 Å². The molecule has 0 saturated heterocycles. The molecule has 15 heavy (non-hydrogen) atoms. The molecule has 1 aromatic rings. The summed E-state index contributed by atoms with van der Waals surface area (Å²) in [6, 6.07) is 8.21. The maximum Gasteiger partial charge on any atom is 0.0949 e. The van der Waals surface area contributed by atoms with Crippen LogP contribution in [0.2, 0.25) is 0 Å². The quantitative estimate of drug-likeness (QED) is 0.743. The fraction of sp³-hybridized carbons (Fsp3) is 0.571. The third kappa shape index (κ3) is 1.50. The van der Waals surface area contributed by atoms with Gasteiger partial charge in [-0.2, -0.15) is 0 Å². The van der Waals surface area contributed by atoms with E-state index in [4.69, 9.17) is 0 Å². The summed E-state index contributed by atoms with van der Waals surface area (Å²) in [5.41, 5.74) is 1.69. The Morgan fingerprint density at radius 2 is 1.80 bits per heavy atom. The third-order valence-electron chi connectivity index (χ3n) is 4.05. The maximum atomic E-state index is 10.9. The van der Waals surface area contributed by atoms with E-state index in [1.165, 1.54) is 5.56 Å². The van der Waals surface area contributed by atoms with Gasteiger partial charge in [-0.1, -0.05) is 38.1 Å². The van der Waals surface area contributed by atoms with Crippen molar-refractivity contribution in [3.63, 3.8) is 0 Å². The Balaban J connectivity index is 2.50. The lowest BCUT2D eigenvalue weighted by Gasteiger charge is -2.38. The van der Waals surface area contributed by atoms with E-state index in [1.807, 2.05) is 12.1 Å². The molecule has 0 heterocycles. The zero-order valence-electron chi connectivity index (χ0n) is 9.88. The topological polar surface area (TPSA) is 20.2 Å². The van der Waals surface area contributed by atoms with Crippen LogP contribution in [0.4, 0.5) is 0 Å². The normalized spacial score (nSPS) is 29.3. The molecule has 0 aliphatic heterocycles. The highest BCUT2D eigenvalue weighted by Crippen LogP contribution is 2.52. The molecule has 1 nitrogen and oxygen atoms in total. The van der Waals surface area contributed by atoms with Gasteiger partial charge in [0.05, 0.1) is 5.60 Å². The summed E-state index contributed by atoms with van der Waals surface area (Å²) in [5.74, 6) is 0. The van der Waals surface area contributed by atoms with Crippen molar-refractivity contribution >= 4 is 0 Å². The van der Waals surface area contributed by atoms with E-state index in [0.29, 0.717) is 0 Å². The molecule has 1 saturated carbocycles. The smallest absolute Gasteiger partial charge is 0.0949 e. The molecule has 1 heteroatoms. The number of hydrogen-bond acceptors (Lipinski definition) is 1. The molecule has 1 N–H and O–H groups in total. The first-order valence-electron chi connectivity index (χ1n) is 5.76. The average molecular weight is 204 g/mol. The van der Waals surface area contributed by atoms with Crippen molar-refractivity contribution < 1.29 is 5.11 Å². The van der Waals surface area contributed by atoms with Gasteiger partial charge in [0.1, 0.15) is 0 Å². The SMILES string of the molecule is Cc1ccccc1C1(O)CCCC1(C)C. The molecule has 1 aliphatic carbocycles. The van der Waals surface area contributed by atoms with Crippen molar-refractivity contribution in [3.05, 3.63) is 35.4 Å². The van der Waals surface area contributed by atoms with Gasteiger partial charge in [-0.05, 0) is 42.7 Å². The molecule has 2 rings (SSSR count). The lowest BCUT2D eigenvalue weighted by atomic mass is 9.72. The molecule has 1 aliphatic rings. The van der Waals surface area contributed by atoms with Crippen LogP contribution in [0.5, 0.6) is 0 Å². The van der Waals surface area contributed by atoms with Gasteiger partial charge in [0.2, 0.25) is 0 Å². The minimum Gasteiger partial charge on any atom is -0.385 e. The highest BCUT2D eigenvalue weighted by Gasteiger charge is 2.48. The van der Waals surface area contributed by atoms with Gasteiger partial charge in [-0.15, -0.1) is 0 Å². The molecule has 0 radical (unpaired) electrons. The van der Waals surface area contributed by atoms with E-state index in [0.717, 1.165) is 24.8 Å². The van der Waals surface area contributed by atoms with Crippen LogP contribution < -0.4 is 0 Å². The van der Waals surface area contributed by atoms with Crippen LogP contribution in [-0.4, -0.2) is 5.11 Å². The van der Waals surface area contributed by atoms with E-state index in [2.05, 4.69) is 32.9 Å². The molecular formula is C14H20O. The first kappa shape index (κ1) is 10.7. The number of benzene rings is 1. The molecule has 0 amide bonds. The molecule has 0 spiro atoms. The number of hydrogen-bond donors (Lipinski definition) is 1. The zero-order valence-corrected chi connectivity index (χ0v) is 9.88. The highest BCUT2D eigenvalue weighted by molar-refractivity contribution is 5.33. The molecule has 0 aromatic heterocycles. The lowest BCUT2D eigenvalue weighted by molar-refractivity contribution is -0.0490. The fourth-order valence-electron chi connectivity index (χ4n) is 2.87. The second-order valence-corrected chi connectivity index (χ2v) is 5.41. The van der Waals surface area contributed by atoms with Gasteiger partial charge in [0.25, 0.3) is 0 Å². The largest absolute Gasteiger partial charge is 0.385 e. The average Bonchev–Trinajstić information content (AvgIpc) is 2.43. The molecular weight excluding hydrogens is 184 g/mol. The van der Waals surface area contributed by atoms with Gasteiger partial charge < -0.3 is 5.11 Å². The predicted molar refractivity (Wildman–Crippen MR) is 62.7 cm³/mol. The van der Waals surface area contributed by atoms with E-state index in [9.17, 15) is 5.11 Å². The molecule has 82 valence electrons. The van der Waals surface area contributed by atoms with E-state index in [-0.39, 0.29) is 5.41 Å². The third-order valence-corrected chi connectivity index (χ3v) is 4.05. The second-order valence-electron chi connectivity index (χ2n) is 5.41. The Labute approximate surface area is 92.1 Å². The summed E-state index contributed by atoms with van der Waals surface area (Å²) in [5, 5.41) is 10.9. The number of aryl methyl sites for hydroxylation is 1. The molecule has 1 atom stereocenters. The van der Waals surface area contributed by atoms with E-state index in [1.54, 1.807) is 0 Å². The Morgan fingerprint density at radius 1 is 1.13 bits per heavy atom. The predicted octanol–water partition coefficient (Wildman–Crippen LogP) is 3.39. The Hall–Kier alpha value is -0.820. The van der Waals surface area contributed by atoms with E-state index >= 15 is 0 Å². The first-order chi connectivity index (χ1) is 6.97. The van der Waals surface area contributed by atoms with Crippen LogP contribution in [-0.2, 0) is 5.60 Å². The second kappa shape index (κ2) is 3.34. The summed E-state index contributed by atoms with van der Waals surface area (Å²) in [7, 11) is 0. The summed E-state index contributed by atoms with van der Waals surface area (Å²) >= 11 is 0. The minimum atomic E-state index is -0.627. The molecule has 1 unspecified atom stereocenters. The summed E-state index contributed by atoms with van der Waals surface area (Å²) in [6.45, 7) is 6.43. The van der Waals surface area contributed by atoms with Crippen LogP contribution in [0.15, 0.2) is 24.3 Å². The highest BCUT2D eigenvalue weighted by atomic mass is 16.3. The number of rotatable bonds is 1. The van der Waals surface area contributed by atoms with Crippen LogP contribution in [0.3, 0.4) is 0 Å². The summed E-state index contributed by atoms with van der Waals surface area (Å²) in [6.07, 6.45) is 3.13. The lowest BCUT2D eigenvalue weighted by Crippen LogP contribution is -2.37. The van der Waals surface area contributed by atoms with Crippen molar-refractivity contribution in [1.82, 2.24) is 0 Å². The summed E-state index contributed by atoms with van der Waals surface area (Å²) < 4.78 is 0. The monoisotopic (exact) mass is 204 g/mol. The Kier molecular flexibility index (Phi) is 2.38. The van der Waals surface area contributed by atoms with Gasteiger partial charge in [0.15, 0.2) is 0 Å². The maximum absolute atomic E-state index is 10.9. The van der Waals surface area contributed by atoms with E-state index < -0.39 is 5.60 Å². The van der Waals surface area contributed by atoms with Crippen molar-refractivity contribution in [2.75, 3.05) is 0 Å². The van der Waals surface area contributed by atoms with Gasteiger partial charge in [-0.25, -0.2) is 0 Å². The molecule has 1 aromatic carbocycles. The van der Waals surface area contributed by atoms with Crippen molar-refractivity contribution in [2.45, 2.75) is 45.6 Å². The zero-order chi connectivity index (χ0) is 11.1. The van der Waals surface area contributed by atoms with Crippen LogP contribution in [0.25, 0.3) is 0 Å². The minimum absolute atomic E-state index is 0.000880. The Bertz CT molecular complexity index is 367. The van der Waals surface area contributed by atoms with Crippen molar-refractivity contribution in [3.8, 4) is 0 Å². The standard InChI is InChI=1S/C14H20O/c1-11-7-4-5-8-12(11)14(15)10-6-9-13(14,2)3/h4-5,7-8,15H,6,9-10H2,1-3H3. The fourth-order valence-corrected chi connectivity index (χ4v) is 2.87. The van der Waals surface area contributed by atoms with Crippen LogP contribution in [0.1, 0.15) is 44.2 Å². The van der Waals surface area contributed by atoms with Crippen molar-refractivity contribution in [1.29, 1.82) is 0 Å². The molecule has 0 bridgehead atoms. The van der Waals surface area contributed by atoms with Crippen LogP contribution >= 0.6 is 0 Å². The summed E-state index contributed by atoms with van der Waals surface area (Å²) in [4.78, 5) is 0. The molecule has 1 fully saturated rings.